The highest BCUT2D eigenvalue weighted by molar-refractivity contribution is 9.10. The molecule has 0 saturated carbocycles. The first kappa shape index (κ1) is 11.0. The van der Waals surface area contributed by atoms with Gasteiger partial charge in [0.2, 0.25) is 5.91 Å². The van der Waals surface area contributed by atoms with Gasteiger partial charge < -0.3 is 10.3 Å². The van der Waals surface area contributed by atoms with E-state index in [-0.39, 0.29) is 5.91 Å². The normalized spacial score (nSPS) is 11.7. The van der Waals surface area contributed by atoms with Crippen molar-refractivity contribution in [1.29, 1.82) is 0 Å². The third-order valence-corrected chi connectivity index (χ3v) is 2.35. The van der Waals surface area contributed by atoms with Crippen molar-refractivity contribution in [3.63, 3.8) is 0 Å². The highest BCUT2D eigenvalue weighted by Crippen LogP contribution is 2.20. The number of H-pyrrole nitrogens is 1. The number of hydrogen-bond donors (Lipinski definition) is 2. The number of nitrogens with one attached hydrogen (secondary N) is 2. The van der Waals surface area contributed by atoms with Crippen LogP contribution >= 0.6 is 15.9 Å². The number of carbonyl (C=O) groups excluding carboxylic acids is 1. The summed E-state index contributed by atoms with van der Waals surface area (Å²) in [6.07, 6.45) is 2.87. The second-order valence-electron chi connectivity index (χ2n) is 3.75. The molecular formula is C9H10BrN5O. The number of aromatic nitrogens is 4. The molecule has 0 aliphatic carbocycles. The van der Waals surface area contributed by atoms with Crippen molar-refractivity contribution in [3.8, 4) is 0 Å². The van der Waals surface area contributed by atoms with E-state index in [1.165, 1.54) is 12.7 Å². The monoisotopic (exact) mass is 283 g/mol. The van der Waals surface area contributed by atoms with Gasteiger partial charge >= 0.3 is 0 Å². The van der Waals surface area contributed by atoms with Crippen LogP contribution in [0.2, 0.25) is 0 Å². The Bertz CT molecular complexity index is 530. The Labute approximate surface area is 100 Å². The first-order chi connectivity index (χ1) is 7.48. The quantitative estimate of drug-likeness (QED) is 0.818. The molecule has 84 valence electrons. The van der Waals surface area contributed by atoms with Crippen molar-refractivity contribution in [1.82, 2.24) is 19.9 Å². The zero-order valence-corrected chi connectivity index (χ0v) is 10.4. The van der Waals surface area contributed by atoms with Crippen LogP contribution in [0.15, 0.2) is 12.7 Å². The minimum Gasteiger partial charge on any atom is -0.340 e. The molecule has 0 aromatic carbocycles. The molecule has 0 unspecified atom stereocenters. The molecule has 0 aliphatic rings. The molecule has 16 heavy (non-hydrogen) atoms. The van der Waals surface area contributed by atoms with Crippen LogP contribution in [-0.2, 0) is 4.79 Å². The van der Waals surface area contributed by atoms with Crippen LogP contribution in [0.25, 0.3) is 11.2 Å². The van der Waals surface area contributed by atoms with Gasteiger partial charge in [-0.3, -0.25) is 4.79 Å². The topological polar surface area (TPSA) is 83.6 Å². The summed E-state index contributed by atoms with van der Waals surface area (Å²) in [4.78, 5) is 26.6. The van der Waals surface area contributed by atoms with Gasteiger partial charge in [-0.2, -0.15) is 0 Å². The Hall–Kier alpha value is -1.50. The fourth-order valence-electron chi connectivity index (χ4n) is 1.12. The van der Waals surface area contributed by atoms with Crippen LogP contribution in [0, 0.1) is 0 Å². The van der Waals surface area contributed by atoms with Crippen LogP contribution in [0.5, 0.6) is 0 Å². The molecule has 0 bridgehead atoms. The molecule has 2 aromatic heterocycles. The number of carbonyl (C=O) groups is 1. The Morgan fingerprint density at radius 3 is 2.88 bits per heavy atom. The summed E-state index contributed by atoms with van der Waals surface area (Å²) in [6, 6.07) is 0. The first-order valence-electron chi connectivity index (χ1n) is 4.63. The van der Waals surface area contributed by atoms with Crippen LogP contribution < -0.4 is 5.32 Å². The summed E-state index contributed by atoms with van der Waals surface area (Å²) in [5.41, 5.74) is 1.14. The molecule has 0 radical (unpaired) electrons. The summed E-state index contributed by atoms with van der Waals surface area (Å²) in [7, 11) is 0. The summed E-state index contributed by atoms with van der Waals surface area (Å²) >= 11 is 3.27. The number of halogens is 1. The maximum atomic E-state index is 11.7. The van der Waals surface area contributed by atoms with E-state index >= 15 is 0 Å². The van der Waals surface area contributed by atoms with E-state index in [0.29, 0.717) is 17.0 Å². The number of anilines is 1. The van der Waals surface area contributed by atoms with E-state index in [4.69, 9.17) is 0 Å². The van der Waals surface area contributed by atoms with Gasteiger partial charge in [-0.05, 0) is 13.8 Å². The SMILES string of the molecule is CC(C)(Br)C(=O)Nc1ncnc2nc[nH]c12. The zero-order chi connectivity index (χ0) is 11.8. The standard InChI is InChI=1S/C9H10BrN5O/c1-9(2,10)8(16)15-7-5-6(12-3-11-5)13-4-14-7/h3-4H,1-2H3,(H2,11,12,13,14,15,16). The van der Waals surface area contributed by atoms with Gasteiger partial charge in [0.25, 0.3) is 0 Å². The predicted molar refractivity (Wildman–Crippen MR) is 63.3 cm³/mol. The molecule has 0 fully saturated rings. The van der Waals surface area contributed by atoms with E-state index in [2.05, 4.69) is 41.2 Å². The Kier molecular flexibility index (Phi) is 2.63. The minimum atomic E-state index is -0.649. The van der Waals surface area contributed by atoms with Crippen molar-refractivity contribution < 1.29 is 4.79 Å². The number of amides is 1. The summed E-state index contributed by atoms with van der Waals surface area (Å²) < 4.78 is -0.649. The fraction of sp³-hybridized carbons (Fsp3) is 0.333. The van der Waals surface area contributed by atoms with Crippen molar-refractivity contribution in [3.05, 3.63) is 12.7 Å². The number of aromatic amines is 1. The van der Waals surface area contributed by atoms with E-state index in [0.717, 1.165) is 0 Å². The van der Waals surface area contributed by atoms with Crippen molar-refractivity contribution in [2.24, 2.45) is 0 Å². The number of alkyl halides is 1. The zero-order valence-electron chi connectivity index (χ0n) is 8.78. The molecule has 1 amide bonds. The van der Waals surface area contributed by atoms with Gasteiger partial charge in [-0.25, -0.2) is 15.0 Å². The van der Waals surface area contributed by atoms with Crippen LogP contribution in [-0.4, -0.2) is 30.2 Å². The first-order valence-corrected chi connectivity index (χ1v) is 5.42. The molecule has 2 heterocycles. The van der Waals surface area contributed by atoms with Gasteiger partial charge in [0.15, 0.2) is 11.5 Å². The lowest BCUT2D eigenvalue weighted by atomic mass is 10.2. The highest BCUT2D eigenvalue weighted by Gasteiger charge is 2.24. The van der Waals surface area contributed by atoms with E-state index in [9.17, 15) is 4.79 Å². The number of imidazole rings is 1. The average molecular weight is 284 g/mol. The third kappa shape index (κ3) is 2.04. The van der Waals surface area contributed by atoms with Crippen molar-refractivity contribution in [2.75, 3.05) is 5.32 Å². The van der Waals surface area contributed by atoms with Crippen molar-refractivity contribution >= 4 is 38.8 Å². The highest BCUT2D eigenvalue weighted by atomic mass is 79.9. The second kappa shape index (κ2) is 3.82. The lowest BCUT2D eigenvalue weighted by molar-refractivity contribution is -0.117. The van der Waals surface area contributed by atoms with E-state index in [1.54, 1.807) is 13.8 Å². The molecule has 6 nitrogen and oxygen atoms in total. The van der Waals surface area contributed by atoms with Crippen molar-refractivity contribution in [2.45, 2.75) is 18.2 Å². The van der Waals surface area contributed by atoms with E-state index < -0.39 is 4.32 Å². The van der Waals surface area contributed by atoms with Gasteiger partial charge in [-0.1, -0.05) is 15.9 Å². The number of fused-ring (bicyclic) bond motifs is 1. The fourth-order valence-corrected chi connectivity index (χ4v) is 1.22. The molecule has 7 heteroatoms. The van der Waals surface area contributed by atoms with Gasteiger partial charge in [0, 0.05) is 0 Å². The smallest absolute Gasteiger partial charge is 0.241 e. The summed E-state index contributed by atoms with van der Waals surface area (Å²) in [5.74, 6) is 0.252. The lowest BCUT2D eigenvalue weighted by Gasteiger charge is -2.15. The average Bonchev–Trinajstić information content (AvgIpc) is 2.65. The van der Waals surface area contributed by atoms with Gasteiger partial charge in [0.1, 0.15) is 11.8 Å². The molecule has 0 atom stereocenters. The van der Waals surface area contributed by atoms with Crippen LogP contribution in [0.1, 0.15) is 13.8 Å². The molecule has 2 aromatic rings. The summed E-state index contributed by atoms with van der Waals surface area (Å²) in [5, 5.41) is 2.70. The number of rotatable bonds is 2. The van der Waals surface area contributed by atoms with E-state index in [1.807, 2.05) is 0 Å². The Morgan fingerprint density at radius 1 is 1.44 bits per heavy atom. The predicted octanol–water partition coefficient (Wildman–Crippen LogP) is 1.46. The molecular weight excluding hydrogens is 274 g/mol. The molecule has 0 saturated heterocycles. The molecule has 0 spiro atoms. The Morgan fingerprint density at radius 2 is 2.19 bits per heavy atom. The largest absolute Gasteiger partial charge is 0.340 e. The number of nitrogens with zero attached hydrogens (tertiary/aromatic N) is 3. The maximum Gasteiger partial charge on any atom is 0.241 e. The van der Waals surface area contributed by atoms with Gasteiger partial charge in [0.05, 0.1) is 10.7 Å². The van der Waals surface area contributed by atoms with Crippen LogP contribution in [0.3, 0.4) is 0 Å². The second-order valence-corrected chi connectivity index (χ2v) is 5.73. The van der Waals surface area contributed by atoms with Crippen LogP contribution in [0.4, 0.5) is 5.82 Å². The maximum absolute atomic E-state index is 11.7. The molecule has 2 rings (SSSR count). The summed E-state index contributed by atoms with van der Waals surface area (Å²) in [6.45, 7) is 3.52. The lowest BCUT2D eigenvalue weighted by Crippen LogP contribution is -2.31. The van der Waals surface area contributed by atoms with Gasteiger partial charge in [-0.15, -0.1) is 0 Å². The molecule has 2 N–H and O–H groups in total. The molecule has 0 aliphatic heterocycles. The minimum absolute atomic E-state index is 0.179. The Balaban J connectivity index is 2.35. The third-order valence-electron chi connectivity index (χ3n) is 1.99. The number of hydrogen-bond acceptors (Lipinski definition) is 4.